The zero-order valence-electron chi connectivity index (χ0n) is 12.4. The van der Waals surface area contributed by atoms with Gasteiger partial charge in [0.15, 0.2) is 0 Å². The molecule has 0 aliphatic carbocycles. The van der Waals surface area contributed by atoms with Crippen LogP contribution in [0.1, 0.15) is 38.3 Å². The zero-order chi connectivity index (χ0) is 14.5. The number of nitrogens with two attached hydrogens (primary N) is 1. The molecule has 3 nitrogen and oxygen atoms in total. The lowest BCUT2D eigenvalue weighted by Crippen LogP contribution is -2.43. The van der Waals surface area contributed by atoms with E-state index < -0.39 is 0 Å². The van der Waals surface area contributed by atoms with Crippen molar-refractivity contribution < 1.29 is 4.74 Å². The average Bonchev–Trinajstić information content (AvgIpc) is 2.65. The molecule has 1 aliphatic heterocycles. The predicted octanol–water partition coefficient (Wildman–Crippen LogP) is 3.34. The Bertz CT molecular complexity index is 409. The number of halogens is 1. The Kier molecular flexibility index (Phi) is 6.02. The first-order valence-electron chi connectivity index (χ1n) is 7.48. The first-order valence-corrected chi connectivity index (χ1v) is 8.27. The summed E-state index contributed by atoms with van der Waals surface area (Å²) in [6, 6.07) is 8.99. The van der Waals surface area contributed by atoms with Gasteiger partial charge in [-0.25, -0.2) is 0 Å². The molecule has 112 valence electrons. The third-order valence-corrected chi connectivity index (χ3v) is 4.49. The van der Waals surface area contributed by atoms with Gasteiger partial charge in [0.25, 0.3) is 0 Å². The fourth-order valence-electron chi connectivity index (χ4n) is 2.89. The fourth-order valence-corrected chi connectivity index (χ4v) is 3.16. The largest absolute Gasteiger partial charge is 0.377 e. The first kappa shape index (κ1) is 16.0. The molecule has 0 aromatic heterocycles. The highest BCUT2D eigenvalue weighted by atomic mass is 79.9. The highest BCUT2D eigenvalue weighted by molar-refractivity contribution is 9.10. The Hall–Kier alpha value is -0.420. The van der Waals surface area contributed by atoms with Gasteiger partial charge in [0.1, 0.15) is 0 Å². The molecule has 0 radical (unpaired) electrons. The zero-order valence-corrected chi connectivity index (χ0v) is 14.0. The van der Waals surface area contributed by atoms with E-state index in [2.05, 4.69) is 58.9 Å². The molecule has 20 heavy (non-hydrogen) atoms. The van der Waals surface area contributed by atoms with Gasteiger partial charge >= 0.3 is 0 Å². The van der Waals surface area contributed by atoms with Crippen LogP contribution in [0.5, 0.6) is 0 Å². The van der Waals surface area contributed by atoms with Crippen LogP contribution in [0.25, 0.3) is 0 Å². The molecular formula is C16H25BrN2O. The Morgan fingerprint density at radius 1 is 1.40 bits per heavy atom. The van der Waals surface area contributed by atoms with Crippen molar-refractivity contribution in [1.82, 2.24) is 4.90 Å². The summed E-state index contributed by atoms with van der Waals surface area (Å²) in [4.78, 5) is 2.50. The lowest BCUT2D eigenvalue weighted by atomic mass is 9.96. The van der Waals surface area contributed by atoms with Gasteiger partial charge in [0.05, 0.1) is 6.10 Å². The summed E-state index contributed by atoms with van der Waals surface area (Å²) in [6.07, 6.45) is 2.33. The van der Waals surface area contributed by atoms with E-state index in [1.54, 1.807) is 0 Å². The molecule has 4 heteroatoms. The molecule has 2 N–H and O–H groups in total. The molecule has 1 aromatic rings. The maximum absolute atomic E-state index is 6.42. The van der Waals surface area contributed by atoms with E-state index in [1.807, 2.05) is 0 Å². The second kappa shape index (κ2) is 7.55. The highest BCUT2D eigenvalue weighted by Gasteiger charge is 2.28. The smallest absolute Gasteiger partial charge is 0.0674 e. The molecule has 1 fully saturated rings. The van der Waals surface area contributed by atoms with Gasteiger partial charge in [-0.2, -0.15) is 0 Å². The third-order valence-electron chi connectivity index (χ3n) is 3.97. The highest BCUT2D eigenvalue weighted by Crippen LogP contribution is 2.28. The second-order valence-corrected chi connectivity index (χ2v) is 6.51. The molecule has 1 saturated heterocycles. The molecule has 1 aliphatic rings. The third kappa shape index (κ3) is 4.04. The van der Waals surface area contributed by atoms with Crippen LogP contribution in [0.4, 0.5) is 0 Å². The lowest BCUT2D eigenvalue weighted by Gasteiger charge is -2.35. The van der Waals surface area contributed by atoms with E-state index in [0.29, 0.717) is 0 Å². The van der Waals surface area contributed by atoms with Gasteiger partial charge in [-0.1, -0.05) is 35.0 Å². The Morgan fingerprint density at radius 2 is 2.10 bits per heavy atom. The van der Waals surface area contributed by atoms with E-state index in [4.69, 9.17) is 10.5 Å². The van der Waals surface area contributed by atoms with Gasteiger partial charge < -0.3 is 10.5 Å². The normalized spacial score (nSPS) is 24.1. The van der Waals surface area contributed by atoms with Crippen molar-refractivity contribution >= 4 is 15.9 Å². The predicted molar refractivity (Wildman–Crippen MR) is 86.8 cm³/mol. The maximum atomic E-state index is 6.42. The van der Waals surface area contributed by atoms with Crippen LogP contribution >= 0.6 is 15.9 Å². The SMILES string of the molecule is CCC(N)C(c1ccc(Br)cc1)N1CCCOC(C)C1. The van der Waals surface area contributed by atoms with Crippen molar-refractivity contribution in [3.63, 3.8) is 0 Å². The van der Waals surface area contributed by atoms with Crippen molar-refractivity contribution in [1.29, 1.82) is 0 Å². The van der Waals surface area contributed by atoms with Crippen LogP contribution < -0.4 is 5.73 Å². The van der Waals surface area contributed by atoms with Crippen LogP contribution in [0.15, 0.2) is 28.7 Å². The Balaban J connectivity index is 2.24. The summed E-state index contributed by atoms with van der Waals surface area (Å²) in [6.45, 7) is 7.17. The molecule has 0 spiro atoms. The van der Waals surface area contributed by atoms with Crippen molar-refractivity contribution in [2.24, 2.45) is 5.73 Å². The number of rotatable bonds is 4. The van der Waals surface area contributed by atoms with Crippen molar-refractivity contribution in [3.05, 3.63) is 34.3 Å². The van der Waals surface area contributed by atoms with Gasteiger partial charge in [0, 0.05) is 36.3 Å². The molecule has 3 unspecified atom stereocenters. The van der Waals surface area contributed by atoms with Crippen LogP contribution in [-0.2, 0) is 4.74 Å². The minimum atomic E-state index is 0.154. The van der Waals surface area contributed by atoms with E-state index >= 15 is 0 Å². The minimum absolute atomic E-state index is 0.154. The summed E-state index contributed by atoms with van der Waals surface area (Å²) in [5, 5.41) is 0. The lowest BCUT2D eigenvalue weighted by molar-refractivity contribution is 0.0575. The fraction of sp³-hybridized carbons (Fsp3) is 0.625. The van der Waals surface area contributed by atoms with Crippen LogP contribution in [0, 0.1) is 0 Å². The molecule has 0 bridgehead atoms. The number of ether oxygens (including phenoxy) is 1. The van der Waals surface area contributed by atoms with Crippen molar-refractivity contribution in [2.45, 2.75) is 44.9 Å². The summed E-state index contributed by atoms with van der Waals surface area (Å²) in [5.74, 6) is 0. The van der Waals surface area contributed by atoms with E-state index in [-0.39, 0.29) is 18.2 Å². The average molecular weight is 341 g/mol. The number of hydrogen-bond donors (Lipinski definition) is 1. The first-order chi connectivity index (χ1) is 9.61. The van der Waals surface area contributed by atoms with E-state index in [1.165, 1.54) is 5.56 Å². The summed E-state index contributed by atoms with van der Waals surface area (Å²) < 4.78 is 6.87. The van der Waals surface area contributed by atoms with Crippen LogP contribution in [-0.4, -0.2) is 36.7 Å². The standard InChI is InChI=1S/C16H25BrN2O/c1-3-15(18)16(13-5-7-14(17)8-6-13)19-9-4-10-20-12(2)11-19/h5-8,12,15-16H,3-4,9-11,18H2,1-2H3. The Morgan fingerprint density at radius 3 is 2.75 bits per heavy atom. The topological polar surface area (TPSA) is 38.5 Å². The summed E-state index contributed by atoms with van der Waals surface area (Å²) in [5.41, 5.74) is 7.72. The van der Waals surface area contributed by atoms with Crippen LogP contribution in [0.3, 0.4) is 0 Å². The van der Waals surface area contributed by atoms with Gasteiger partial charge in [-0.05, 0) is 37.5 Å². The van der Waals surface area contributed by atoms with E-state index in [0.717, 1.165) is 37.0 Å². The maximum Gasteiger partial charge on any atom is 0.0674 e. The quantitative estimate of drug-likeness (QED) is 0.913. The molecule has 2 rings (SSSR count). The molecule has 3 atom stereocenters. The number of nitrogens with zero attached hydrogens (tertiary/aromatic N) is 1. The molecular weight excluding hydrogens is 316 g/mol. The van der Waals surface area contributed by atoms with Crippen molar-refractivity contribution in [2.75, 3.05) is 19.7 Å². The van der Waals surface area contributed by atoms with E-state index in [9.17, 15) is 0 Å². The second-order valence-electron chi connectivity index (χ2n) is 5.60. The molecule has 1 heterocycles. The van der Waals surface area contributed by atoms with Gasteiger partial charge in [-0.3, -0.25) is 4.90 Å². The summed E-state index contributed by atoms with van der Waals surface area (Å²) in [7, 11) is 0. The molecule has 1 aromatic carbocycles. The monoisotopic (exact) mass is 340 g/mol. The van der Waals surface area contributed by atoms with Crippen LogP contribution in [0.2, 0.25) is 0 Å². The molecule has 0 saturated carbocycles. The number of hydrogen-bond acceptors (Lipinski definition) is 3. The summed E-state index contributed by atoms with van der Waals surface area (Å²) >= 11 is 3.50. The van der Waals surface area contributed by atoms with Crippen molar-refractivity contribution in [3.8, 4) is 0 Å². The Labute approximate surface area is 130 Å². The molecule has 0 amide bonds. The van der Waals surface area contributed by atoms with Gasteiger partial charge in [-0.15, -0.1) is 0 Å². The number of benzene rings is 1. The minimum Gasteiger partial charge on any atom is -0.377 e. The van der Waals surface area contributed by atoms with Gasteiger partial charge in [0.2, 0.25) is 0 Å².